The molecule has 0 saturated carbocycles. The molecule has 1 aliphatic rings. The number of primary amides is 1. The zero-order valence-corrected chi connectivity index (χ0v) is 16.3. The molecule has 144 valence electrons. The van der Waals surface area contributed by atoms with Crippen LogP contribution in [0.4, 0.5) is 0 Å². The molecule has 1 fully saturated rings. The highest BCUT2D eigenvalue weighted by atomic mass is 16.1. The maximum atomic E-state index is 11.5. The summed E-state index contributed by atoms with van der Waals surface area (Å²) in [4.78, 5) is 13.8. The SMILES string of the molecule is CCc1ccc(CNCc2cccc(CN3CCCC(C(N)=O)C3)c2)cc1. The van der Waals surface area contributed by atoms with Crippen LogP contribution in [0.1, 0.15) is 42.0 Å². The number of rotatable bonds is 8. The van der Waals surface area contributed by atoms with Crippen molar-refractivity contribution in [1.82, 2.24) is 10.2 Å². The molecule has 4 heteroatoms. The number of likely N-dealkylation sites (tertiary alicyclic amines) is 1. The quantitative estimate of drug-likeness (QED) is 0.755. The Kier molecular flexibility index (Phi) is 7.02. The third kappa shape index (κ3) is 5.91. The minimum atomic E-state index is -0.162. The van der Waals surface area contributed by atoms with Crippen LogP contribution in [-0.4, -0.2) is 23.9 Å². The van der Waals surface area contributed by atoms with E-state index in [0.717, 1.165) is 52.0 Å². The Balaban J connectivity index is 1.50. The standard InChI is InChI=1S/C23H31N3O/c1-2-18-8-10-19(11-9-18)14-25-15-20-5-3-6-21(13-20)16-26-12-4-7-22(17-26)23(24)27/h3,5-6,8-11,13,22,25H,2,4,7,12,14-17H2,1H3,(H2,24,27). The van der Waals surface area contributed by atoms with Crippen LogP contribution in [-0.2, 0) is 30.8 Å². The number of benzene rings is 2. The van der Waals surface area contributed by atoms with Crippen molar-refractivity contribution in [3.8, 4) is 0 Å². The van der Waals surface area contributed by atoms with Crippen molar-refractivity contribution < 1.29 is 4.79 Å². The van der Waals surface area contributed by atoms with Crippen molar-refractivity contribution in [3.63, 3.8) is 0 Å². The van der Waals surface area contributed by atoms with Crippen molar-refractivity contribution in [3.05, 3.63) is 70.8 Å². The zero-order chi connectivity index (χ0) is 19.1. The van der Waals surface area contributed by atoms with Crippen LogP contribution in [0.25, 0.3) is 0 Å². The first-order chi connectivity index (χ1) is 13.1. The van der Waals surface area contributed by atoms with Crippen LogP contribution in [0.15, 0.2) is 48.5 Å². The fraction of sp³-hybridized carbons (Fsp3) is 0.435. The lowest BCUT2D eigenvalue weighted by Gasteiger charge is -2.31. The van der Waals surface area contributed by atoms with Crippen molar-refractivity contribution in [2.45, 2.75) is 45.8 Å². The number of hydrogen-bond donors (Lipinski definition) is 2. The molecule has 1 aliphatic heterocycles. The third-order valence-electron chi connectivity index (χ3n) is 5.39. The lowest BCUT2D eigenvalue weighted by molar-refractivity contribution is -0.123. The van der Waals surface area contributed by atoms with Gasteiger partial charge in [-0.25, -0.2) is 0 Å². The Morgan fingerprint density at radius 1 is 1.07 bits per heavy atom. The van der Waals surface area contributed by atoms with Crippen LogP contribution < -0.4 is 11.1 Å². The number of amides is 1. The highest BCUT2D eigenvalue weighted by Gasteiger charge is 2.23. The van der Waals surface area contributed by atoms with E-state index in [9.17, 15) is 4.79 Å². The first-order valence-electron chi connectivity index (χ1n) is 10.0. The minimum Gasteiger partial charge on any atom is -0.369 e. The second-order valence-corrected chi connectivity index (χ2v) is 7.57. The van der Waals surface area contributed by atoms with E-state index in [4.69, 9.17) is 5.73 Å². The molecule has 1 heterocycles. The molecule has 3 N–H and O–H groups in total. The second-order valence-electron chi connectivity index (χ2n) is 7.57. The van der Waals surface area contributed by atoms with Crippen molar-refractivity contribution in [2.75, 3.05) is 13.1 Å². The largest absolute Gasteiger partial charge is 0.369 e. The van der Waals surface area contributed by atoms with Crippen molar-refractivity contribution in [2.24, 2.45) is 11.7 Å². The van der Waals surface area contributed by atoms with Crippen molar-refractivity contribution >= 4 is 5.91 Å². The Hall–Kier alpha value is -2.17. The summed E-state index contributed by atoms with van der Waals surface area (Å²) >= 11 is 0. The molecular formula is C23H31N3O. The summed E-state index contributed by atoms with van der Waals surface area (Å²) in [7, 11) is 0. The van der Waals surface area contributed by atoms with E-state index in [-0.39, 0.29) is 11.8 Å². The molecule has 0 aliphatic carbocycles. The molecule has 3 rings (SSSR count). The van der Waals surface area contributed by atoms with Crippen LogP contribution in [0.2, 0.25) is 0 Å². The fourth-order valence-electron chi connectivity index (χ4n) is 3.77. The molecule has 2 aromatic carbocycles. The third-order valence-corrected chi connectivity index (χ3v) is 5.39. The normalized spacial score (nSPS) is 17.7. The molecule has 1 unspecified atom stereocenters. The second kappa shape index (κ2) is 9.67. The van der Waals surface area contributed by atoms with Crippen molar-refractivity contribution in [1.29, 1.82) is 0 Å². The average Bonchev–Trinajstić information content (AvgIpc) is 2.69. The summed E-state index contributed by atoms with van der Waals surface area (Å²) in [6.45, 7) is 6.62. The van der Waals surface area contributed by atoms with E-state index in [0.29, 0.717) is 0 Å². The first kappa shape index (κ1) is 19.6. The van der Waals surface area contributed by atoms with Gasteiger partial charge in [-0.1, -0.05) is 55.5 Å². The minimum absolute atomic E-state index is 0.00250. The van der Waals surface area contributed by atoms with Gasteiger partial charge >= 0.3 is 0 Å². The summed E-state index contributed by atoms with van der Waals surface area (Å²) in [5.41, 5.74) is 10.8. The van der Waals surface area contributed by atoms with Gasteiger partial charge in [0.05, 0.1) is 5.92 Å². The predicted molar refractivity (Wildman–Crippen MR) is 110 cm³/mol. The predicted octanol–water partition coefficient (Wildman–Crippen LogP) is 3.24. The van der Waals surface area contributed by atoms with Crippen LogP contribution in [0.3, 0.4) is 0 Å². The molecule has 1 amide bonds. The zero-order valence-electron chi connectivity index (χ0n) is 16.3. The summed E-state index contributed by atoms with van der Waals surface area (Å²) in [5, 5.41) is 3.53. The maximum absolute atomic E-state index is 11.5. The van der Waals surface area contributed by atoms with Gasteiger partial charge in [0, 0.05) is 26.2 Å². The monoisotopic (exact) mass is 365 g/mol. The van der Waals surface area contributed by atoms with Gasteiger partial charge in [-0.3, -0.25) is 9.69 Å². The molecule has 0 bridgehead atoms. The maximum Gasteiger partial charge on any atom is 0.221 e. The molecule has 1 atom stereocenters. The molecule has 27 heavy (non-hydrogen) atoms. The lowest BCUT2D eigenvalue weighted by Crippen LogP contribution is -2.40. The van der Waals surface area contributed by atoms with E-state index in [1.165, 1.54) is 22.3 Å². The van der Waals surface area contributed by atoms with Crippen LogP contribution >= 0.6 is 0 Å². The summed E-state index contributed by atoms with van der Waals surface area (Å²) in [6.07, 6.45) is 3.05. The molecule has 1 saturated heterocycles. The number of nitrogens with zero attached hydrogens (tertiary/aromatic N) is 1. The number of hydrogen-bond acceptors (Lipinski definition) is 3. The molecular weight excluding hydrogens is 334 g/mol. The Morgan fingerprint density at radius 2 is 1.78 bits per heavy atom. The Labute approximate surface area is 162 Å². The fourth-order valence-corrected chi connectivity index (χ4v) is 3.77. The van der Waals surface area contributed by atoms with E-state index in [1.807, 2.05) is 0 Å². The number of aryl methyl sites for hydroxylation is 1. The molecule has 2 aromatic rings. The highest BCUT2D eigenvalue weighted by Crippen LogP contribution is 2.18. The smallest absolute Gasteiger partial charge is 0.221 e. The summed E-state index contributed by atoms with van der Waals surface area (Å²) < 4.78 is 0. The van der Waals surface area contributed by atoms with Gasteiger partial charge in [0.25, 0.3) is 0 Å². The van der Waals surface area contributed by atoms with E-state index in [2.05, 4.69) is 65.7 Å². The van der Waals surface area contributed by atoms with Gasteiger partial charge < -0.3 is 11.1 Å². The number of piperidine rings is 1. The van der Waals surface area contributed by atoms with Gasteiger partial charge in [-0.15, -0.1) is 0 Å². The Bertz CT molecular complexity index is 742. The number of nitrogens with two attached hydrogens (primary N) is 1. The molecule has 0 aromatic heterocycles. The van der Waals surface area contributed by atoms with E-state index < -0.39 is 0 Å². The topological polar surface area (TPSA) is 58.4 Å². The Morgan fingerprint density at radius 3 is 2.52 bits per heavy atom. The number of carbonyl (C=O) groups is 1. The molecule has 0 radical (unpaired) electrons. The van der Waals surface area contributed by atoms with Gasteiger partial charge in [0.2, 0.25) is 5.91 Å². The highest BCUT2D eigenvalue weighted by molar-refractivity contribution is 5.76. The van der Waals surface area contributed by atoms with Gasteiger partial charge in [-0.2, -0.15) is 0 Å². The average molecular weight is 366 g/mol. The first-order valence-corrected chi connectivity index (χ1v) is 10.0. The molecule has 4 nitrogen and oxygen atoms in total. The van der Waals surface area contributed by atoms with Gasteiger partial charge in [-0.05, 0) is 48.1 Å². The van der Waals surface area contributed by atoms with Crippen LogP contribution in [0.5, 0.6) is 0 Å². The van der Waals surface area contributed by atoms with E-state index >= 15 is 0 Å². The van der Waals surface area contributed by atoms with E-state index in [1.54, 1.807) is 0 Å². The number of nitrogens with one attached hydrogen (secondary N) is 1. The van der Waals surface area contributed by atoms with Crippen LogP contribution in [0, 0.1) is 5.92 Å². The summed E-state index contributed by atoms with van der Waals surface area (Å²) in [5.74, 6) is -0.160. The lowest BCUT2D eigenvalue weighted by atomic mass is 9.97. The van der Waals surface area contributed by atoms with Gasteiger partial charge in [0.1, 0.15) is 0 Å². The summed E-state index contributed by atoms with van der Waals surface area (Å²) in [6, 6.07) is 17.5. The number of carbonyl (C=O) groups excluding carboxylic acids is 1. The van der Waals surface area contributed by atoms with Gasteiger partial charge in [0.15, 0.2) is 0 Å². The molecule has 0 spiro atoms.